The van der Waals surface area contributed by atoms with Gasteiger partial charge in [-0.05, 0) is 45.1 Å². The number of nitrogens with two attached hydrogens (primary N) is 1. The number of nitrogen functional groups attached to an aromatic ring is 1. The lowest BCUT2D eigenvalue weighted by Crippen LogP contribution is -2.12. The molecule has 1 aliphatic rings. The number of nitrogens with zero attached hydrogens (tertiary/aromatic N) is 1. The Morgan fingerprint density at radius 3 is 2.90 bits per heavy atom. The number of hydrogen-bond donors (Lipinski definition) is 1. The van der Waals surface area contributed by atoms with E-state index >= 15 is 0 Å². The van der Waals surface area contributed by atoms with Crippen molar-refractivity contribution >= 4 is 33.2 Å². The van der Waals surface area contributed by atoms with Crippen LogP contribution in [-0.4, -0.2) is 17.6 Å². The van der Waals surface area contributed by atoms with Crippen molar-refractivity contribution in [2.45, 2.75) is 39.5 Å². The molecule has 0 amide bonds. The molecule has 3 rings (SSSR count). The predicted octanol–water partition coefficient (Wildman–Crippen LogP) is 3.24. The van der Waals surface area contributed by atoms with E-state index in [1.54, 1.807) is 18.3 Å². The minimum Gasteiger partial charge on any atom is -0.462 e. The van der Waals surface area contributed by atoms with Crippen LogP contribution in [0.5, 0.6) is 0 Å². The summed E-state index contributed by atoms with van der Waals surface area (Å²) in [4.78, 5) is 19.0. The van der Waals surface area contributed by atoms with Crippen LogP contribution >= 0.6 is 11.3 Å². The number of pyridine rings is 1. The summed E-state index contributed by atoms with van der Waals surface area (Å²) in [5.74, 6) is -0.368. The summed E-state index contributed by atoms with van der Waals surface area (Å²) in [6.45, 7) is 3.96. The third-order valence-electron chi connectivity index (χ3n) is 3.80. The number of aromatic nitrogens is 1. The van der Waals surface area contributed by atoms with Gasteiger partial charge in [-0.15, -0.1) is 11.3 Å². The molecule has 0 spiro atoms. The van der Waals surface area contributed by atoms with Gasteiger partial charge in [-0.3, -0.25) is 0 Å². The molecule has 0 fully saturated rings. The first-order chi connectivity index (χ1) is 9.63. The highest BCUT2D eigenvalue weighted by molar-refractivity contribution is 7.19. The van der Waals surface area contributed by atoms with Crippen LogP contribution in [-0.2, 0) is 17.6 Å². The van der Waals surface area contributed by atoms with E-state index in [0.717, 1.165) is 23.1 Å². The molecule has 0 atom stereocenters. The van der Waals surface area contributed by atoms with Crippen molar-refractivity contribution in [3.05, 3.63) is 21.7 Å². The molecule has 0 saturated heterocycles. The van der Waals surface area contributed by atoms with Gasteiger partial charge in [0.2, 0.25) is 0 Å². The first-order valence-electron chi connectivity index (χ1n) is 7.01. The number of anilines is 1. The van der Waals surface area contributed by atoms with Gasteiger partial charge in [0, 0.05) is 10.3 Å². The Balaban J connectivity index is 2.25. The Labute approximate surface area is 122 Å². The summed E-state index contributed by atoms with van der Waals surface area (Å²) in [6.07, 6.45) is 4.54. The lowest BCUT2D eigenvalue weighted by Gasteiger charge is -2.13. The van der Waals surface area contributed by atoms with Crippen LogP contribution in [0.25, 0.3) is 10.2 Å². The number of hydrogen-bond acceptors (Lipinski definition) is 5. The van der Waals surface area contributed by atoms with Gasteiger partial charge in [0.1, 0.15) is 10.4 Å². The smallest absolute Gasteiger partial charge is 0.342 e. The van der Waals surface area contributed by atoms with Crippen molar-refractivity contribution in [3.63, 3.8) is 0 Å². The lowest BCUT2D eigenvalue weighted by atomic mass is 9.95. The normalized spacial score (nSPS) is 14.3. The molecule has 2 aromatic rings. The van der Waals surface area contributed by atoms with Crippen molar-refractivity contribution < 1.29 is 9.53 Å². The molecule has 0 bridgehead atoms. The molecule has 2 aromatic heterocycles. The summed E-state index contributed by atoms with van der Waals surface area (Å²) in [7, 11) is 0. The average Bonchev–Trinajstić information content (AvgIpc) is 2.76. The zero-order valence-electron chi connectivity index (χ0n) is 11.8. The number of carbonyl (C=O) groups excluding carboxylic acids is 1. The van der Waals surface area contributed by atoms with Crippen molar-refractivity contribution in [3.8, 4) is 0 Å². The summed E-state index contributed by atoms with van der Waals surface area (Å²) in [6, 6.07) is 0. The Kier molecular flexibility index (Phi) is 3.38. The molecular formula is C15H18N2O2S. The van der Waals surface area contributed by atoms with E-state index in [4.69, 9.17) is 10.5 Å². The van der Waals surface area contributed by atoms with Gasteiger partial charge in [0.25, 0.3) is 0 Å². The standard InChI is InChI=1S/C15H18N2O2S/c1-3-19-15(18)11-8(2)17-14-12(13(11)16)9-6-4-5-7-10(9)20-14/h3-7H2,1-2H3,(H2,16,17). The first kappa shape index (κ1) is 13.4. The second kappa shape index (κ2) is 5.05. The van der Waals surface area contributed by atoms with E-state index in [1.807, 2.05) is 6.92 Å². The van der Waals surface area contributed by atoms with Crippen LogP contribution in [0.4, 0.5) is 5.69 Å². The highest BCUT2D eigenvalue weighted by Crippen LogP contribution is 2.40. The number of rotatable bonds is 2. The third-order valence-corrected chi connectivity index (χ3v) is 4.99. The molecule has 2 heterocycles. The Morgan fingerprint density at radius 1 is 1.40 bits per heavy atom. The number of ether oxygens (including phenoxy) is 1. The van der Waals surface area contributed by atoms with Crippen LogP contribution in [0.3, 0.4) is 0 Å². The largest absolute Gasteiger partial charge is 0.462 e. The number of carbonyl (C=O) groups is 1. The van der Waals surface area contributed by atoms with Crippen LogP contribution in [0, 0.1) is 6.92 Å². The zero-order valence-corrected chi connectivity index (χ0v) is 12.6. The minimum absolute atomic E-state index is 0.345. The molecule has 4 nitrogen and oxygen atoms in total. The second-order valence-electron chi connectivity index (χ2n) is 5.10. The molecule has 1 aliphatic carbocycles. The highest BCUT2D eigenvalue weighted by atomic mass is 32.1. The molecule has 2 N–H and O–H groups in total. The fourth-order valence-electron chi connectivity index (χ4n) is 2.90. The Morgan fingerprint density at radius 2 is 2.15 bits per heavy atom. The second-order valence-corrected chi connectivity index (χ2v) is 6.18. The van der Waals surface area contributed by atoms with Crippen molar-refractivity contribution in [2.75, 3.05) is 12.3 Å². The Hall–Kier alpha value is -1.62. The van der Waals surface area contributed by atoms with E-state index in [-0.39, 0.29) is 5.97 Å². The maximum atomic E-state index is 12.1. The monoisotopic (exact) mass is 290 g/mol. The molecule has 5 heteroatoms. The molecule has 20 heavy (non-hydrogen) atoms. The molecular weight excluding hydrogens is 272 g/mol. The van der Waals surface area contributed by atoms with Crippen LogP contribution in [0.15, 0.2) is 0 Å². The van der Waals surface area contributed by atoms with Crippen molar-refractivity contribution in [1.29, 1.82) is 0 Å². The number of fused-ring (bicyclic) bond motifs is 3. The van der Waals surface area contributed by atoms with Gasteiger partial charge < -0.3 is 10.5 Å². The van der Waals surface area contributed by atoms with Crippen LogP contribution < -0.4 is 5.73 Å². The zero-order chi connectivity index (χ0) is 14.3. The quantitative estimate of drug-likeness (QED) is 0.862. The Bertz CT molecular complexity index is 691. The highest BCUT2D eigenvalue weighted by Gasteiger charge is 2.24. The molecule has 106 valence electrons. The summed E-state index contributed by atoms with van der Waals surface area (Å²) < 4.78 is 5.10. The molecule has 0 saturated carbocycles. The van der Waals surface area contributed by atoms with Gasteiger partial charge >= 0.3 is 5.97 Å². The van der Waals surface area contributed by atoms with Gasteiger partial charge in [-0.25, -0.2) is 9.78 Å². The topological polar surface area (TPSA) is 65.2 Å². The number of aryl methyl sites for hydroxylation is 3. The number of esters is 1. The van der Waals surface area contributed by atoms with E-state index in [9.17, 15) is 4.79 Å². The van der Waals surface area contributed by atoms with Crippen LogP contribution in [0.2, 0.25) is 0 Å². The van der Waals surface area contributed by atoms with Gasteiger partial charge in [0.15, 0.2) is 0 Å². The SMILES string of the molecule is CCOC(=O)c1c(C)nc2sc3c(c2c1N)CCCC3. The maximum absolute atomic E-state index is 12.1. The predicted molar refractivity (Wildman–Crippen MR) is 81.4 cm³/mol. The average molecular weight is 290 g/mol. The summed E-state index contributed by atoms with van der Waals surface area (Å²) >= 11 is 1.72. The van der Waals surface area contributed by atoms with E-state index in [1.165, 1.54) is 23.3 Å². The van der Waals surface area contributed by atoms with E-state index in [0.29, 0.717) is 23.6 Å². The fourth-order valence-corrected chi connectivity index (χ4v) is 4.22. The van der Waals surface area contributed by atoms with Gasteiger partial charge in [0.05, 0.1) is 18.0 Å². The van der Waals surface area contributed by atoms with E-state index in [2.05, 4.69) is 4.98 Å². The molecule has 0 aliphatic heterocycles. The molecule has 0 aromatic carbocycles. The first-order valence-corrected chi connectivity index (χ1v) is 7.82. The third kappa shape index (κ3) is 1.97. The fraction of sp³-hybridized carbons (Fsp3) is 0.467. The van der Waals surface area contributed by atoms with Gasteiger partial charge in [-0.2, -0.15) is 0 Å². The number of thiophene rings is 1. The minimum atomic E-state index is -0.368. The van der Waals surface area contributed by atoms with E-state index < -0.39 is 0 Å². The van der Waals surface area contributed by atoms with Crippen LogP contribution in [0.1, 0.15) is 46.3 Å². The maximum Gasteiger partial charge on any atom is 0.342 e. The van der Waals surface area contributed by atoms with Gasteiger partial charge in [-0.1, -0.05) is 0 Å². The summed E-state index contributed by atoms with van der Waals surface area (Å²) in [5.41, 5.74) is 9.22. The molecule has 0 radical (unpaired) electrons. The molecule has 0 unspecified atom stereocenters. The van der Waals surface area contributed by atoms with Crippen molar-refractivity contribution in [1.82, 2.24) is 4.98 Å². The lowest BCUT2D eigenvalue weighted by molar-refractivity contribution is 0.0526. The summed E-state index contributed by atoms with van der Waals surface area (Å²) in [5, 5.41) is 0.985. The van der Waals surface area contributed by atoms with Crippen molar-refractivity contribution in [2.24, 2.45) is 0 Å².